The maximum atomic E-state index is 11.3. The van der Waals surface area contributed by atoms with E-state index in [1.54, 1.807) is 6.92 Å². The van der Waals surface area contributed by atoms with Gasteiger partial charge in [-0.15, -0.1) is 0 Å². The molecular formula is C12H21NO. The van der Waals surface area contributed by atoms with Gasteiger partial charge in [0.25, 0.3) is 0 Å². The van der Waals surface area contributed by atoms with E-state index in [4.69, 9.17) is 0 Å². The number of hydrogen-bond acceptors (Lipinski definition) is 1. The SMILES string of the molecule is CC(=O)N1CCC2(C(C)C)[C@H](C1)[C@@H]2C. The van der Waals surface area contributed by atoms with Gasteiger partial charge in [-0.3, -0.25) is 4.79 Å². The molecule has 1 aliphatic carbocycles. The average Bonchev–Trinajstić information content (AvgIpc) is 2.73. The van der Waals surface area contributed by atoms with Crippen molar-refractivity contribution in [2.75, 3.05) is 13.1 Å². The predicted octanol–water partition coefficient (Wildman–Crippen LogP) is 2.15. The lowest BCUT2D eigenvalue weighted by atomic mass is 9.83. The largest absolute Gasteiger partial charge is 0.343 e. The molecule has 0 radical (unpaired) electrons. The zero-order chi connectivity index (χ0) is 10.5. The molecule has 2 aliphatic rings. The van der Waals surface area contributed by atoms with Gasteiger partial charge in [0.2, 0.25) is 5.91 Å². The Morgan fingerprint density at radius 3 is 2.57 bits per heavy atom. The van der Waals surface area contributed by atoms with Gasteiger partial charge in [0.05, 0.1) is 0 Å². The molecule has 0 spiro atoms. The van der Waals surface area contributed by atoms with Crippen molar-refractivity contribution in [3.63, 3.8) is 0 Å². The van der Waals surface area contributed by atoms with Crippen molar-refractivity contribution < 1.29 is 4.79 Å². The lowest BCUT2D eigenvalue weighted by Crippen LogP contribution is -2.39. The summed E-state index contributed by atoms with van der Waals surface area (Å²) in [5.74, 6) is 2.63. The molecule has 1 aliphatic heterocycles. The highest BCUT2D eigenvalue weighted by atomic mass is 16.2. The van der Waals surface area contributed by atoms with Crippen molar-refractivity contribution >= 4 is 5.91 Å². The summed E-state index contributed by atoms with van der Waals surface area (Å²) in [5.41, 5.74) is 0.575. The monoisotopic (exact) mass is 195 g/mol. The quantitative estimate of drug-likeness (QED) is 0.628. The van der Waals surface area contributed by atoms with Gasteiger partial charge in [-0.05, 0) is 29.6 Å². The minimum Gasteiger partial charge on any atom is -0.343 e. The number of piperidine rings is 1. The molecule has 1 amide bonds. The van der Waals surface area contributed by atoms with E-state index in [-0.39, 0.29) is 5.91 Å². The molecule has 1 unspecified atom stereocenters. The van der Waals surface area contributed by atoms with Crippen molar-refractivity contribution in [1.29, 1.82) is 0 Å². The highest BCUT2D eigenvalue weighted by Crippen LogP contribution is 2.67. The van der Waals surface area contributed by atoms with Crippen LogP contribution in [0.3, 0.4) is 0 Å². The first kappa shape index (κ1) is 10.0. The molecule has 14 heavy (non-hydrogen) atoms. The Hall–Kier alpha value is -0.530. The fourth-order valence-electron chi connectivity index (χ4n) is 3.68. The van der Waals surface area contributed by atoms with Gasteiger partial charge in [0.1, 0.15) is 0 Å². The molecule has 2 nitrogen and oxygen atoms in total. The van der Waals surface area contributed by atoms with E-state index in [0.29, 0.717) is 5.41 Å². The Labute approximate surface area is 86.7 Å². The number of nitrogens with zero attached hydrogens (tertiary/aromatic N) is 1. The number of carbonyl (C=O) groups is 1. The summed E-state index contributed by atoms with van der Waals surface area (Å²) in [7, 11) is 0. The molecule has 0 aromatic carbocycles. The minimum atomic E-state index is 0.251. The molecule has 1 saturated carbocycles. The van der Waals surface area contributed by atoms with E-state index in [2.05, 4.69) is 20.8 Å². The van der Waals surface area contributed by atoms with Crippen molar-refractivity contribution in [2.24, 2.45) is 23.2 Å². The summed E-state index contributed by atoms with van der Waals surface area (Å²) in [5, 5.41) is 0. The third kappa shape index (κ3) is 1.12. The van der Waals surface area contributed by atoms with Crippen LogP contribution in [-0.2, 0) is 4.79 Å². The number of amides is 1. The van der Waals surface area contributed by atoms with Gasteiger partial charge in [-0.1, -0.05) is 20.8 Å². The lowest BCUT2D eigenvalue weighted by Gasteiger charge is -2.33. The van der Waals surface area contributed by atoms with Crippen LogP contribution >= 0.6 is 0 Å². The van der Waals surface area contributed by atoms with Crippen LogP contribution < -0.4 is 0 Å². The van der Waals surface area contributed by atoms with E-state index in [0.717, 1.165) is 30.8 Å². The topological polar surface area (TPSA) is 20.3 Å². The third-order valence-electron chi connectivity index (χ3n) is 4.78. The molecule has 2 rings (SSSR count). The molecular weight excluding hydrogens is 174 g/mol. The van der Waals surface area contributed by atoms with Gasteiger partial charge < -0.3 is 4.90 Å². The number of likely N-dealkylation sites (tertiary alicyclic amines) is 1. The first-order valence-electron chi connectivity index (χ1n) is 5.75. The van der Waals surface area contributed by atoms with Crippen molar-refractivity contribution in [2.45, 2.75) is 34.1 Å². The van der Waals surface area contributed by atoms with Crippen LogP contribution in [0.2, 0.25) is 0 Å². The van der Waals surface area contributed by atoms with Crippen molar-refractivity contribution in [3.05, 3.63) is 0 Å². The number of fused-ring (bicyclic) bond motifs is 1. The normalized spacial score (nSPS) is 41.1. The number of rotatable bonds is 1. The van der Waals surface area contributed by atoms with E-state index in [1.807, 2.05) is 4.90 Å². The van der Waals surface area contributed by atoms with Crippen LogP contribution in [0.5, 0.6) is 0 Å². The molecule has 2 fully saturated rings. The fraction of sp³-hybridized carbons (Fsp3) is 0.917. The van der Waals surface area contributed by atoms with Crippen molar-refractivity contribution in [1.82, 2.24) is 4.90 Å². The molecule has 3 atom stereocenters. The Morgan fingerprint density at radius 2 is 2.14 bits per heavy atom. The molecule has 0 bridgehead atoms. The Bertz CT molecular complexity index is 261. The first-order chi connectivity index (χ1) is 6.50. The standard InChI is InChI=1S/C12H21NO/c1-8(2)12-5-6-13(10(4)14)7-11(12)9(12)3/h8-9,11H,5-7H2,1-4H3/t9-,11+,12?/m0/s1. The van der Waals surface area contributed by atoms with E-state index < -0.39 is 0 Å². The zero-order valence-corrected chi connectivity index (χ0v) is 9.71. The maximum absolute atomic E-state index is 11.3. The molecule has 80 valence electrons. The summed E-state index contributed by atoms with van der Waals surface area (Å²) >= 11 is 0. The molecule has 0 N–H and O–H groups in total. The number of hydrogen-bond donors (Lipinski definition) is 0. The summed E-state index contributed by atoms with van der Waals surface area (Å²) in [4.78, 5) is 13.3. The van der Waals surface area contributed by atoms with Crippen LogP contribution in [0.1, 0.15) is 34.1 Å². The second-order valence-electron chi connectivity index (χ2n) is 5.38. The molecule has 1 saturated heterocycles. The summed E-state index contributed by atoms with van der Waals surface area (Å²) in [6.07, 6.45) is 1.22. The van der Waals surface area contributed by atoms with Gasteiger partial charge in [-0.25, -0.2) is 0 Å². The highest BCUT2D eigenvalue weighted by Gasteiger charge is 2.64. The third-order valence-corrected chi connectivity index (χ3v) is 4.78. The van der Waals surface area contributed by atoms with E-state index >= 15 is 0 Å². The Morgan fingerprint density at radius 1 is 1.50 bits per heavy atom. The minimum absolute atomic E-state index is 0.251. The average molecular weight is 195 g/mol. The highest BCUT2D eigenvalue weighted by molar-refractivity contribution is 5.73. The first-order valence-corrected chi connectivity index (χ1v) is 5.75. The van der Waals surface area contributed by atoms with Gasteiger partial charge >= 0.3 is 0 Å². The fourth-order valence-corrected chi connectivity index (χ4v) is 3.68. The Kier molecular flexibility index (Phi) is 2.13. The lowest BCUT2D eigenvalue weighted by molar-refractivity contribution is -0.130. The van der Waals surface area contributed by atoms with Crippen LogP contribution in [0.4, 0.5) is 0 Å². The second-order valence-corrected chi connectivity index (χ2v) is 5.38. The second kappa shape index (κ2) is 2.98. The van der Waals surface area contributed by atoms with E-state index in [1.165, 1.54) is 6.42 Å². The zero-order valence-electron chi connectivity index (χ0n) is 9.71. The van der Waals surface area contributed by atoms with Gasteiger partial charge in [-0.2, -0.15) is 0 Å². The summed E-state index contributed by atoms with van der Waals surface area (Å²) in [6, 6.07) is 0. The van der Waals surface area contributed by atoms with Crippen LogP contribution in [0.25, 0.3) is 0 Å². The van der Waals surface area contributed by atoms with Crippen LogP contribution in [-0.4, -0.2) is 23.9 Å². The predicted molar refractivity (Wildman–Crippen MR) is 56.8 cm³/mol. The molecule has 1 heterocycles. The smallest absolute Gasteiger partial charge is 0.219 e. The Balaban J connectivity index is 2.08. The molecule has 0 aromatic rings. The summed E-state index contributed by atoms with van der Waals surface area (Å²) in [6.45, 7) is 10.7. The maximum Gasteiger partial charge on any atom is 0.219 e. The molecule has 2 heteroatoms. The van der Waals surface area contributed by atoms with Gasteiger partial charge in [0.15, 0.2) is 0 Å². The van der Waals surface area contributed by atoms with Crippen LogP contribution in [0, 0.1) is 23.2 Å². The van der Waals surface area contributed by atoms with Crippen molar-refractivity contribution in [3.8, 4) is 0 Å². The van der Waals surface area contributed by atoms with E-state index in [9.17, 15) is 4.79 Å². The summed E-state index contributed by atoms with van der Waals surface area (Å²) < 4.78 is 0. The molecule has 0 aromatic heterocycles. The van der Waals surface area contributed by atoms with Gasteiger partial charge in [0, 0.05) is 20.0 Å². The number of carbonyl (C=O) groups excluding carboxylic acids is 1. The van der Waals surface area contributed by atoms with Crippen LogP contribution in [0.15, 0.2) is 0 Å².